The Hall–Kier alpha value is -1.91. The second-order valence-corrected chi connectivity index (χ2v) is 11.1. The minimum atomic E-state index is -4.76. The molecule has 0 saturated carbocycles. The molecular weight excluding hydrogens is 461 g/mol. The lowest BCUT2D eigenvalue weighted by Crippen LogP contribution is -2.47. The standard InChI is InChI=1S/C22H25F3N2O3S2/c1-2-18-16-10-14-31-19(16)9-13-27(18)21(28)15-7-11-26(12-8-15)32(29,30)20-6-4-3-5-17(20)22(23,24)25/h3-6,10,14-15,18H,2,7-9,11-13H2,1H3/t18-/m0/s1. The van der Waals surface area contributed by atoms with Gasteiger partial charge in [0.25, 0.3) is 0 Å². The largest absolute Gasteiger partial charge is 0.417 e. The van der Waals surface area contributed by atoms with Crippen LogP contribution in [0.15, 0.2) is 40.6 Å². The number of carbonyl (C=O) groups is 1. The van der Waals surface area contributed by atoms with Crippen LogP contribution in [0.3, 0.4) is 0 Å². The van der Waals surface area contributed by atoms with Crippen LogP contribution in [-0.4, -0.2) is 43.2 Å². The van der Waals surface area contributed by atoms with Gasteiger partial charge in [0, 0.05) is 30.4 Å². The van der Waals surface area contributed by atoms with E-state index in [1.54, 1.807) is 11.3 Å². The Morgan fingerprint density at radius 3 is 2.47 bits per heavy atom. The number of halogens is 3. The third-order valence-corrected chi connectivity index (χ3v) is 9.33. The summed E-state index contributed by atoms with van der Waals surface area (Å²) < 4.78 is 67.0. The number of carbonyl (C=O) groups excluding carboxylic acids is 1. The molecule has 1 aromatic heterocycles. The SMILES string of the molecule is CC[C@H]1c2ccsc2CCN1C(=O)C1CCN(S(=O)(=O)c2ccccc2C(F)(F)F)CC1. The van der Waals surface area contributed by atoms with Crippen LogP contribution in [0.25, 0.3) is 0 Å². The van der Waals surface area contributed by atoms with Crippen molar-refractivity contribution in [3.63, 3.8) is 0 Å². The van der Waals surface area contributed by atoms with Crippen LogP contribution in [0.4, 0.5) is 13.2 Å². The minimum Gasteiger partial charge on any atom is -0.335 e. The predicted octanol–water partition coefficient (Wildman–Crippen LogP) is 4.70. The fraction of sp³-hybridized carbons (Fsp3) is 0.500. The Kier molecular flexibility index (Phi) is 6.39. The summed E-state index contributed by atoms with van der Waals surface area (Å²) in [5.41, 5.74) is 0.0322. The number of rotatable bonds is 4. The predicted molar refractivity (Wildman–Crippen MR) is 116 cm³/mol. The molecule has 2 aromatic rings. The number of alkyl halides is 3. The molecule has 1 saturated heterocycles. The van der Waals surface area contributed by atoms with Crippen molar-refractivity contribution in [1.82, 2.24) is 9.21 Å². The van der Waals surface area contributed by atoms with Gasteiger partial charge in [-0.3, -0.25) is 4.79 Å². The van der Waals surface area contributed by atoms with Gasteiger partial charge in [0.1, 0.15) is 0 Å². The molecule has 0 unspecified atom stereocenters. The van der Waals surface area contributed by atoms with Crippen molar-refractivity contribution < 1.29 is 26.4 Å². The first-order valence-electron chi connectivity index (χ1n) is 10.7. The van der Waals surface area contributed by atoms with E-state index in [0.717, 1.165) is 29.3 Å². The quantitative estimate of drug-likeness (QED) is 0.629. The molecule has 2 aliphatic rings. The Labute approximate surface area is 189 Å². The van der Waals surface area contributed by atoms with Crippen molar-refractivity contribution in [2.45, 2.75) is 49.7 Å². The van der Waals surface area contributed by atoms with Gasteiger partial charge in [-0.05, 0) is 54.8 Å². The summed E-state index contributed by atoms with van der Waals surface area (Å²) in [4.78, 5) is 15.8. The first-order chi connectivity index (χ1) is 15.1. The molecule has 10 heteroatoms. The number of sulfonamides is 1. The van der Waals surface area contributed by atoms with Gasteiger partial charge in [0.05, 0.1) is 16.5 Å². The number of nitrogens with zero attached hydrogens (tertiary/aromatic N) is 2. The molecule has 0 N–H and O–H groups in total. The normalized spacial score (nSPS) is 20.9. The molecule has 1 amide bonds. The molecule has 174 valence electrons. The summed E-state index contributed by atoms with van der Waals surface area (Å²) in [6.07, 6.45) is -2.54. The molecule has 1 atom stereocenters. The van der Waals surface area contributed by atoms with Gasteiger partial charge in [-0.25, -0.2) is 8.42 Å². The first kappa shape index (κ1) is 23.3. The number of hydrogen-bond donors (Lipinski definition) is 0. The Balaban J connectivity index is 1.47. The minimum absolute atomic E-state index is 0.0152. The fourth-order valence-electron chi connectivity index (χ4n) is 4.74. The van der Waals surface area contributed by atoms with Crippen molar-refractivity contribution in [3.8, 4) is 0 Å². The molecule has 1 aromatic carbocycles. The van der Waals surface area contributed by atoms with Gasteiger partial charge in [-0.2, -0.15) is 17.5 Å². The number of fused-ring (bicyclic) bond motifs is 1. The average molecular weight is 487 g/mol. The molecule has 1 fully saturated rings. The van der Waals surface area contributed by atoms with Crippen LogP contribution in [0.1, 0.15) is 48.2 Å². The average Bonchev–Trinajstić information content (AvgIpc) is 3.26. The zero-order chi connectivity index (χ0) is 23.1. The summed E-state index contributed by atoms with van der Waals surface area (Å²) >= 11 is 1.71. The fourth-order valence-corrected chi connectivity index (χ4v) is 7.35. The highest BCUT2D eigenvalue weighted by atomic mass is 32.2. The lowest BCUT2D eigenvalue weighted by Gasteiger charge is -2.39. The van der Waals surface area contributed by atoms with Crippen LogP contribution in [0.5, 0.6) is 0 Å². The molecule has 5 nitrogen and oxygen atoms in total. The van der Waals surface area contributed by atoms with Crippen LogP contribution < -0.4 is 0 Å². The molecule has 32 heavy (non-hydrogen) atoms. The molecule has 0 bridgehead atoms. The highest BCUT2D eigenvalue weighted by Gasteiger charge is 2.41. The number of thiophene rings is 1. The van der Waals surface area contributed by atoms with Crippen molar-refractivity contribution in [1.29, 1.82) is 0 Å². The molecular formula is C22H25F3N2O3S2. The van der Waals surface area contributed by atoms with Crippen LogP contribution in [0, 0.1) is 5.92 Å². The molecule has 0 aliphatic carbocycles. The van der Waals surface area contributed by atoms with E-state index in [4.69, 9.17) is 0 Å². The summed E-state index contributed by atoms with van der Waals surface area (Å²) in [6.45, 7) is 2.74. The summed E-state index contributed by atoms with van der Waals surface area (Å²) in [6, 6.07) is 6.34. The van der Waals surface area contributed by atoms with E-state index in [0.29, 0.717) is 19.4 Å². The highest BCUT2D eigenvalue weighted by molar-refractivity contribution is 7.89. The Bertz CT molecular complexity index is 1090. The lowest BCUT2D eigenvalue weighted by molar-refractivity contribution is -0.140. The zero-order valence-corrected chi connectivity index (χ0v) is 19.3. The Morgan fingerprint density at radius 2 is 1.81 bits per heavy atom. The maximum absolute atomic E-state index is 13.3. The molecule has 4 rings (SSSR count). The van der Waals surface area contributed by atoms with Crippen molar-refractivity contribution in [2.24, 2.45) is 5.92 Å². The first-order valence-corrected chi connectivity index (χ1v) is 13.0. The van der Waals surface area contributed by atoms with Gasteiger partial charge in [-0.15, -0.1) is 11.3 Å². The van der Waals surface area contributed by atoms with Crippen LogP contribution in [0.2, 0.25) is 0 Å². The van der Waals surface area contributed by atoms with Crippen molar-refractivity contribution in [3.05, 3.63) is 51.7 Å². The second kappa shape index (κ2) is 8.79. The Morgan fingerprint density at radius 1 is 1.12 bits per heavy atom. The number of hydrogen-bond acceptors (Lipinski definition) is 4. The second-order valence-electron chi connectivity index (χ2n) is 8.18. The van der Waals surface area contributed by atoms with E-state index < -0.39 is 26.7 Å². The van der Waals surface area contributed by atoms with Gasteiger partial charge < -0.3 is 4.90 Å². The van der Waals surface area contributed by atoms with Gasteiger partial charge in [-0.1, -0.05) is 19.1 Å². The third kappa shape index (κ3) is 4.20. The van der Waals surface area contributed by atoms with Crippen LogP contribution in [-0.2, 0) is 27.4 Å². The molecule has 2 aliphatic heterocycles. The molecule has 0 spiro atoms. The molecule has 3 heterocycles. The van der Waals surface area contributed by atoms with E-state index in [1.807, 2.05) is 17.2 Å². The zero-order valence-electron chi connectivity index (χ0n) is 17.6. The van der Waals surface area contributed by atoms with Gasteiger partial charge >= 0.3 is 6.18 Å². The smallest absolute Gasteiger partial charge is 0.335 e. The van der Waals surface area contributed by atoms with Crippen molar-refractivity contribution in [2.75, 3.05) is 19.6 Å². The maximum Gasteiger partial charge on any atom is 0.417 e. The summed E-state index contributed by atoms with van der Waals surface area (Å²) in [5, 5.41) is 2.05. The summed E-state index contributed by atoms with van der Waals surface area (Å²) in [5.74, 6) is -0.310. The number of amides is 1. The van der Waals surface area contributed by atoms with E-state index in [1.165, 1.54) is 22.6 Å². The molecule has 0 radical (unpaired) electrons. The number of benzene rings is 1. The number of piperidine rings is 1. The van der Waals surface area contributed by atoms with Gasteiger partial charge in [0.15, 0.2) is 0 Å². The topological polar surface area (TPSA) is 57.7 Å². The maximum atomic E-state index is 13.3. The summed E-state index contributed by atoms with van der Waals surface area (Å²) in [7, 11) is -4.31. The highest BCUT2D eigenvalue weighted by Crippen LogP contribution is 2.38. The van der Waals surface area contributed by atoms with Crippen molar-refractivity contribution >= 4 is 27.3 Å². The monoisotopic (exact) mass is 486 g/mol. The van der Waals surface area contributed by atoms with Crippen LogP contribution >= 0.6 is 11.3 Å². The third-order valence-electron chi connectivity index (χ3n) is 6.38. The van der Waals surface area contributed by atoms with E-state index in [9.17, 15) is 26.4 Å². The van der Waals surface area contributed by atoms with Gasteiger partial charge in [0.2, 0.25) is 15.9 Å². The lowest BCUT2D eigenvalue weighted by atomic mass is 9.92. The van der Waals surface area contributed by atoms with E-state index in [2.05, 4.69) is 6.07 Å². The van der Waals surface area contributed by atoms with E-state index >= 15 is 0 Å². The van der Waals surface area contributed by atoms with E-state index in [-0.39, 0.29) is 31.0 Å².